The first-order valence-corrected chi connectivity index (χ1v) is 5.50. The fourth-order valence-electron chi connectivity index (χ4n) is 1.35. The van der Waals surface area contributed by atoms with Gasteiger partial charge in [0, 0.05) is 25.4 Å². The van der Waals surface area contributed by atoms with Crippen LogP contribution in [0.15, 0.2) is 12.4 Å². The number of rotatable bonds is 3. The van der Waals surface area contributed by atoms with Crippen molar-refractivity contribution in [2.24, 2.45) is 12.8 Å². The van der Waals surface area contributed by atoms with Crippen LogP contribution in [0, 0.1) is 0 Å². The molecule has 96 valence electrons. The third kappa shape index (κ3) is 4.44. The van der Waals surface area contributed by atoms with Gasteiger partial charge < -0.3 is 15.8 Å². The van der Waals surface area contributed by atoms with Crippen molar-refractivity contribution in [1.82, 2.24) is 15.1 Å². The Kier molecular flexibility index (Phi) is 4.11. The average molecular weight is 240 g/mol. The number of nitrogens with zero attached hydrogens (tertiary/aromatic N) is 2. The van der Waals surface area contributed by atoms with Crippen molar-refractivity contribution in [3.63, 3.8) is 0 Å². The first-order chi connectivity index (χ1) is 7.81. The summed E-state index contributed by atoms with van der Waals surface area (Å²) < 4.78 is 6.83. The Morgan fingerprint density at radius 1 is 1.65 bits per heavy atom. The number of nitrogens with one attached hydrogen (secondary N) is 1. The van der Waals surface area contributed by atoms with Crippen molar-refractivity contribution >= 4 is 6.09 Å². The number of nitrogens with two attached hydrogens (primary N) is 1. The Hall–Kier alpha value is -1.56. The third-order valence-electron chi connectivity index (χ3n) is 2.05. The molecule has 0 bridgehead atoms. The van der Waals surface area contributed by atoms with Crippen LogP contribution in [0.1, 0.15) is 32.4 Å². The molecule has 1 amide bonds. The van der Waals surface area contributed by atoms with Gasteiger partial charge in [0.1, 0.15) is 5.60 Å². The van der Waals surface area contributed by atoms with Gasteiger partial charge in [0.25, 0.3) is 0 Å². The zero-order valence-corrected chi connectivity index (χ0v) is 10.7. The molecule has 1 atom stereocenters. The standard InChI is InChI=1S/C11H20N4O2/c1-11(2,3)17-10(16)14-9(5-12)8-6-13-15(4)7-8/h6-7,9H,5,12H2,1-4H3,(H,14,16). The summed E-state index contributed by atoms with van der Waals surface area (Å²) in [7, 11) is 1.81. The molecule has 6 nitrogen and oxygen atoms in total. The van der Waals surface area contributed by atoms with Gasteiger partial charge in [-0.25, -0.2) is 4.79 Å². The quantitative estimate of drug-likeness (QED) is 0.824. The van der Waals surface area contributed by atoms with Crippen LogP contribution in [0.3, 0.4) is 0 Å². The molecule has 6 heteroatoms. The molecule has 1 aromatic rings. The lowest BCUT2D eigenvalue weighted by Gasteiger charge is -2.22. The number of hydrogen-bond acceptors (Lipinski definition) is 4. The van der Waals surface area contributed by atoms with E-state index in [-0.39, 0.29) is 6.04 Å². The first kappa shape index (κ1) is 13.5. The van der Waals surface area contributed by atoms with E-state index in [1.165, 1.54) is 0 Å². The van der Waals surface area contributed by atoms with Crippen molar-refractivity contribution in [2.45, 2.75) is 32.4 Å². The van der Waals surface area contributed by atoms with Gasteiger partial charge in [0.05, 0.1) is 12.2 Å². The van der Waals surface area contributed by atoms with E-state index in [0.717, 1.165) is 5.56 Å². The number of carbonyl (C=O) groups excluding carboxylic acids is 1. The Labute approximate surface area is 101 Å². The summed E-state index contributed by atoms with van der Waals surface area (Å²) in [6.45, 7) is 5.74. The molecule has 0 spiro atoms. The largest absolute Gasteiger partial charge is 0.444 e. The van der Waals surface area contributed by atoms with Crippen molar-refractivity contribution in [1.29, 1.82) is 0 Å². The molecule has 0 radical (unpaired) electrons. The van der Waals surface area contributed by atoms with Crippen LogP contribution in [0.5, 0.6) is 0 Å². The minimum absolute atomic E-state index is 0.279. The number of aromatic nitrogens is 2. The van der Waals surface area contributed by atoms with Gasteiger partial charge in [-0.15, -0.1) is 0 Å². The van der Waals surface area contributed by atoms with Gasteiger partial charge in [-0.2, -0.15) is 5.10 Å². The van der Waals surface area contributed by atoms with Crippen LogP contribution in [-0.2, 0) is 11.8 Å². The number of hydrogen-bond donors (Lipinski definition) is 2. The molecule has 0 aliphatic rings. The maximum Gasteiger partial charge on any atom is 0.408 e. The van der Waals surface area contributed by atoms with Crippen molar-refractivity contribution in [3.8, 4) is 0 Å². The van der Waals surface area contributed by atoms with E-state index in [0.29, 0.717) is 6.54 Å². The minimum atomic E-state index is -0.516. The molecule has 0 saturated carbocycles. The molecule has 0 fully saturated rings. The summed E-state index contributed by atoms with van der Waals surface area (Å²) in [5, 5.41) is 6.75. The second-order valence-electron chi connectivity index (χ2n) is 4.88. The lowest BCUT2D eigenvalue weighted by Crippen LogP contribution is -2.37. The summed E-state index contributed by atoms with van der Waals surface area (Å²) in [5.41, 5.74) is 5.96. The first-order valence-electron chi connectivity index (χ1n) is 5.50. The molecule has 1 rings (SSSR count). The van der Waals surface area contributed by atoms with E-state index in [9.17, 15) is 4.79 Å². The Morgan fingerprint density at radius 3 is 2.71 bits per heavy atom. The van der Waals surface area contributed by atoms with Crippen molar-refractivity contribution in [2.75, 3.05) is 6.54 Å². The van der Waals surface area contributed by atoms with Crippen molar-refractivity contribution in [3.05, 3.63) is 18.0 Å². The molecule has 0 aromatic carbocycles. The Bertz CT molecular complexity index is 381. The Morgan fingerprint density at radius 2 is 2.29 bits per heavy atom. The molecular formula is C11H20N4O2. The van der Waals surface area contributed by atoms with Crippen LogP contribution in [-0.4, -0.2) is 28.0 Å². The Balaban J connectivity index is 2.62. The monoisotopic (exact) mass is 240 g/mol. The highest BCUT2D eigenvalue weighted by Gasteiger charge is 2.20. The SMILES string of the molecule is Cn1cc(C(CN)NC(=O)OC(C)(C)C)cn1. The lowest BCUT2D eigenvalue weighted by molar-refractivity contribution is 0.0505. The molecule has 1 unspecified atom stereocenters. The second kappa shape index (κ2) is 5.18. The van der Waals surface area contributed by atoms with E-state index >= 15 is 0 Å². The maximum atomic E-state index is 11.6. The number of aryl methyl sites for hydroxylation is 1. The van der Waals surface area contributed by atoms with Crippen LogP contribution in [0.25, 0.3) is 0 Å². The predicted molar refractivity (Wildman–Crippen MR) is 64.4 cm³/mol. The van der Waals surface area contributed by atoms with Crippen molar-refractivity contribution < 1.29 is 9.53 Å². The van der Waals surface area contributed by atoms with E-state index in [2.05, 4.69) is 10.4 Å². The van der Waals surface area contributed by atoms with Crippen LogP contribution >= 0.6 is 0 Å². The zero-order chi connectivity index (χ0) is 13.1. The van der Waals surface area contributed by atoms with Gasteiger partial charge in [-0.1, -0.05) is 0 Å². The van der Waals surface area contributed by atoms with E-state index in [4.69, 9.17) is 10.5 Å². The number of carbonyl (C=O) groups is 1. The summed E-state index contributed by atoms with van der Waals surface area (Å²) in [5.74, 6) is 0. The molecule has 0 aliphatic heterocycles. The third-order valence-corrected chi connectivity index (χ3v) is 2.05. The van der Waals surface area contributed by atoms with Gasteiger partial charge in [0.2, 0.25) is 0 Å². The molecular weight excluding hydrogens is 220 g/mol. The summed E-state index contributed by atoms with van der Waals surface area (Å²) >= 11 is 0. The molecule has 0 saturated heterocycles. The smallest absolute Gasteiger partial charge is 0.408 e. The van der Waals surface area contributed by atoms with E-state index in [1.807, 2.05) is 34.0 Å². The summed E-state index contributed by atoms with van der Waals surface area (Å²) in [6.07, 6.45) is 3.01. The molecule has 1 aromatic heterocycles. The normalized spacial score (nSPS) is 13.2. The topological polar surface area (TPSA) is 82.2 Å². The van der Waals surface area contributed by atoms with E-state index in [1.54, 1.807) is 10.9 Å². The van der Waals surface area contributed by atoms with Crippen LogP contribution < -0.4 is 11.1 Å². The number of ether oxygens (including phenoxy) is 1. The molecule has 17 heavy (non-hydrogen) atoms. The van der Waals surface area contributed by atoms with E-state index < -0.39 is 11.7 Å². The molecule has 3 N–H and O–H groups in total. The second-order valence-corrected chi connectivity index (χ2v) is 4.88. The lowest BCUT2D eigenvalue weighted by atomic mass is 10.1. The molecule has 0 aliphatic carbocycles. The predicted octanol–water partition coefficient (Wildman–Crippen LogP) is 0.945. The van der Waals surface area contributed by atoms with Crippen LogP contribution in [0.2, 0.25) is 0 Å². The zero-order valence-electron chi connectivity index (χ0n) is 10.7. The van der Waals surface area contributed by atoms with Gasteiger partial charge in [0.15, 0.2) is 0 Å². The summed E-state index contributed by atoms with van der Waals surface area (Å²) in [6, 6.07) is -0.279. The van der Waals surface area contributed by atoms with Gasteiger partial charge >= 0.3 is 6.09 Å². The summed E-state index contributed by atoms with van der Waals surface area (Å²) in [4.78, 5) is 11.6. The van der Waals surface area contributed by atoms with Crippen LogP contribution in [0.4, 0.5) is 4.79 Å². The highest BCUT2D eigenvalue weighted by atomic mass is 16.6. The fraction of sp³-hybridized carbons (Fsp3) is 0.636. The highest BCUT2D eigenvalue weighted by Crippen LogP contribution is 2.12. The molecule has 1 heterocycles. The number of alkyl carbamates (subject to hydrolysis) is 1. The minimum Gasteiger partial charge on any atom is -0.444 e. The fourth-order valence-corrected chi connectivity index (χ4v) is 1.35. The van der Waals surface area contributed by atoms with Gasteiger partial charge in [-0.3, -0.25) is 4.68 Å². The average Bonchev–Trinajstić information content (AvgIpc) is 2.58. The maximum absolute atomic E-state index is 11.6. The number of amides is 1. The van der Waals surface area contributed by atoms with Gasteiger partial charge in [-0.05, 0) is 20.8 Å². The highest BCUT2D eigenvalue weighted by molar-refractivity contribution is 5.68.